The zero-order valence-corrected chi connectivity index (χ0v) is 9.26. The molecule has 0 fully saturated rings. The van der Waals surface area contributed by atoms with Gasteiger partial charge in [-0.15, -0.1) is 0 Å². The van der Waals surface area contributed by atoms with E-state index in [1.807, 2.05) is 6.92 Å². The van der Waals surface area contributed by atoms with Gasteiger partial charge in [-0.1, -0.05) is 42.9 Å². The molecule has 3 heteroatoms. The molecule has 0 radical (unpaired) electrons. The predicted molar refractivity (Wildman–Crippen MR) is 54.0 cm³/mol. The van der Waals surface area contributed by atoms with E-state index >= 15 is 0 Å². The van der Waals surface area contributed by atoms with Gasteiger partial charge in [0.05, 0.1) is 6.61 Å². The van der Waals surface area contributed by atoms with Gasteiger partial charge >= 0.3 is 5.97 Å². The molecule has 0 aliphatic rings. The average molecular weight is 270 g/mol. The number of ether oxygens (including phenoxy) is 1. The number of unbranched alkanes of at least 4 members (excludes halogenated alkanes) is 1. The van der Waals surface area contributed by atoms with Gasteiger partial charge in [0.25, 0.3) is 0 Å². The molecule has 0 rings (SSSR count). The van der Waals surface area contributed by atoms with Gasteiger partial charge in [-0.05, 0) is 12.8 Å². The van der Waals surface area contributed by atoms with Crippen molar-refractivity contribution in [1.82, 2.24) is 0 Å². The first kappa shape index (κ1) is 11.2. The number of hydrogen-bond donors (Lipinski definition) is 0. The van der Waals surface area contributed by atoms with Crippen molar-refractivity contribution < 1.29 is 9.53 Å². The van der Waals surface area contributed by atoms with Gasteiger partial charge in [0, 0.05) is 0 Å². The van der Waals surface area contributed by atoms with E-state index in [9.17, 15) is 4.79 Å². The van der Waals surface area contributed by atoms with E-state index in [-0.39, 0.29) is 9.89 Å². The normalized spacial score (nSPS) is 12.6. The minimum atomic E-state index is -0.0680. The molecular formula is C8H15IO2. The molecular weight excluding hydrogens is 255 g/mol. The van der Waals surface area contributed by atoms with E-state index in [2.05, 4.69) is 29.5 Å². The van der Waals surface area contributed by atoms with Crippen LogP contribution in [0.4, 0.5) is 0 Å². The average Bonchev–Trinajstić information content (AvgIpc) is 2.03. The Balaban J connectivity index is 3.36. The van der Waals surface area contributed by atoms with Crippen LogP contribution in [0, 0.1) is 0 Å². The fourth-order valence-electron chi connectivity index (χ4n) is 0.574. The Morgan fingerprint density at radius 2 is 2.18 bits per heavy atom. The summed E-state index contributed by atoms with van der Waals surface area (Å²) in [5.41, 5.74) is 0. The molecule has 0 aromatic rings. The van der Waals surface area contributed by atoms with Crippen LogP contribution in [0.1, 0.15) is 33.1 Å². The van der Waals surface area contributed by atoms with Crippen molar-refractivity contribution in [2.24, 2.45) is 0 Å². The highest BCUT2D eigenvalue weighted by Crippen LogP contribution is 2.07. The van der Waals surface area contributed by atoms with E-state index in [1.54, 1.807) is 0 Å². The number of hydrogen-bond acceptors (Lipinski definition) is 2. The fraction of sp³-hybridized carbons (Fsp3) is 0.875. The van der Waals surface area contributed by atoms with Crippen molar-refractivity contribution in [2.75, 3.05) is 6.61 Å². The second-order valence-electron chi connectivity index (χ2n) is 2.40. The van der Waals surface area contributed by atoms with Crippen molar-refractivity contribution in [3.05, 3.63) is 0 Å². The summed E-state index contributed by atoms with van der Waals surface area (Å²) >= 11 is 2.11. The van der Waals surface area contributed by atoms with Gasteiger partial charge in [0.15, 0.2) is 0 Å². The van der Waals surface area contributed by atoms with Crippen LogP contribution in [-0.2, 0) is 9.53 Å². The Hall–Kier alpha value is 0.200. The van der Waals surface area contributed by atoms with Gasteiger partial charge in [-0.2, -0.15) is 0 Å². The number of carbonyl (C=O) groups excluding carboxylic acids is 1. The second kappa shape index (κ2) is 6.88. The van der Waals surface area contributed by atoms with E-state index in [1.165, 1.54) is 0 Å². The number of carbonyl (C=O) groups is 1. The van der Waals surface area contributed by atoms with Crippen molar-refractivity contribution in [3.63, 3.8) is 0 Å². The van der Waals surface area contributed by atoms with E-state index < -0.39 is 0 Å². The molecule has 0 saturated heterocycles. The van der Waals surface area contributed by atoms with Crippen molar-refractivity contribution in [1.29, 1.82) is 0 Å². The standard InChI is InChI=1S/C8H15IO2/c1-3-5-6-11-8(10)7(9)4-2/h7H,3-6H2,1-2H3. The van der Waals surface area contributed by atoms with Crippen LogP contribution in [0.5, 0.6) is 0 Å². The van der Waals surface area contributed by atoms with Gasteiger partial charge in [0.2, 0.25) is 0 Å². The molecule has 0 N–H and O–H groups in total. The molecule has 0 bridgehead atoms. The van der Waals surface area contributed by atoms with Gasteiger partial charge in [-0.3, -0.25) is 4.79 Å². The quantitative estimate of drug-likeness (QED) is 0.332. The smallest absolute Gasteiger partial charge is 0.318 e. The highest BCUT2D eigenvalue weighted by Gasteiger charge is 2.12. The molecule has 0 aliphatic carbocycles. The Bertz CT molecular complexity index is 115. The lowest BCUT2D eigenvalue weighted by Crippen LogP contribution is -2.16. The molecule has 0 aromatic carbocycles. The minimum Gasteiger partial charge on any atom is -0.465 e. The first-order valence-electron chi connectivity index (χ1n) is 4.03. The first-order valence-corrected chi connectivity index (χ1v) is 5.27. The molecule has 0 saturated carbocycles. The van der Waals surface area contributed by atoms with Crippen LogP contribution in [-0.4, -0.2) is 16.5 Å². The van der Waals surface area contributed by atoms with Crippen molar-refractivity contribution in [2.45, 2.75) is 37.0 Å². The molecule has 0 aromatic heterocycles. The zero-order chi connectivity index (χ0) is 8.69. The van der Waals surface area contributed by atoms with Crippen molar-refractivity contribution >= 4 is 28.6 Å². The predicted octanol–water partition coefficient (Wildman–Crippen LogP) is 2.54. The zero-order valence-electron chi connectivity index (χ0n) is 7.10. The number of halogens is 1. The Labute approximate surface area is 81.8 Å². The van der Waals surface area contributed by atoms with Gasteiger partial charge < -0.3 is 4.74 Å². The third-order valence-corrected chi connectivity index (χ3v) is 2.75. The lowest BCUT2D eigenvalue weighted by atomic mass is 10.3. The van der Waals surface area contributed by atoms with Gasteiger partial charge in [-0.25, -0.2) is 0 Å². The lowest BCUT2D eigenvalue weighted by molar-refractivity contribution is -0.142. The van der Waals surface area contributed by atoms with Crippen molar-refractivity contribution in [3.8, 4) is 0 Å². The summed E-state index contributed by atoms with van der Waals surface area (Å²) in [5.74, 6) is -0.0680. The number of esters is 1. The Morgan fingerprint density at radius 1 is 1.55 bits per heavy atom. The molecule has 2 nitrogen and oxygen atoms in total. The monoisotopic (exact) mass is 270 g/mol. The maximum Gasteiger partial charge on any atom is 0.318 e. The SMILES string of the molecule is CCCCOC(=O)C(I)CC. The first-order chi connectivity index (χ1) is 5.22. The summed E-state index contributed by atoms with van der Waals surface area (Å²) in [6.07, 6.45) is 2.90. The molecule has 0 amide bonds. The molecule has 66 valence electrons. The summed E-state index contributed by atoms with van der Waals surface area (Å²) in [4.78, 5) is 11.0. The van der Waals surface area contributed by atoms with Crippen LogP contribution in [0.2, 0.25) is 0 Å². The third-order valence-electron chi connectivity index (χ3n) is 1.36. The molecule has 1 unspecified atom stereocenters. The highest BCUT2D eigenvalue weighted by atomic mass is 127. The maximum atomic E-state index is 11.0. The molecule has 0 heterocycles. The van der Waals surface area contributed by atoms with E-state index in [4.69, 9.17) is 4.74 Å². The molecule has 1 atom stereocenters. The largest absolute Gasteiger partial charge is 0.465 e. The van der Waals surface area contributed by atoms with Crippen LogP contribution in [0.3, 0.4) is 0 Å². The molecule has 0 spiro atoms. The fourth-order valence-corrected chi connectivity index (χ4v) is 0.754. The lowest BCUT2D eigenvalue weighted by Gasteiger charge is -2.06. The Kier molecular flexibility index (Phi) is 7.01. The molecule has 11 heavy (non-hydrogen) atoms. The third kappa shape index (κ3) is 5.47. The van der Waals surface area contributed by atoms with Crippen LogP contribution in [0.15, 0.2) is 0 Å². The summed E-state index contributed by atoms with van der Waals surface area (Å²) in [5, 5.41) is 0. The molecule has 0 aliphatic heterocycles. The number of alkyl halides is 1. The number of rotatable bonds is 5. The van der Waals surface area contributed by atoms with E-state index in [0.717, 1.165) is 19.3 Å². The van der Waals surface area contributed by atoms with Gasteiger partial charge in [0.1, 0.15) is 3.92 Å². The van der Waals surface area contributed by atoms with Crippen LogP contribution >= 0.6 is 22.6 Å². The van der Waals surface area contributed by atoms with Crippen LogP contribution < -0.4 is 0 Å². The topological polar surface area (TPSA) is 26.3 Å². The summed E-state index contributed by atoms with van der Waals surface area (Å²) < 4.78 is 5.02. The summed E-state index contributed by atoms with van der Waals surface area (Å²) in [6.45, 7) is 4.64. The second-order valence-corrected chi connectivity index (χ2v) is 3.90. The Morgan fingerprint density at radius 3 is 2.64 bits per heavy atom. The highest BCUT2D eigenvalue weighted by molar-refractivity contribution is 14.1. The summed E-state index contributed by atoms with van der Waals surface area (Å²) in [6, 6.07) is 0. The van der Waals surface area contributed by atoms with E-state index in [0.29, 0.717) is 6.61 Å². The minimum absolute atomic E-state index is 0.0319. The van der Waals surface area contributed by atoms with Crippen LogP contribution in [0.25, 0.3) is 0 Å². The summed E-state index contributed by atoms with van der Waals surface area (Å²) in [7, 11) is 0. The maximum absolute atomic E-state index is 11.0.